The molecule has 100 valence electrons. The van der Waals surface area contributed by atoms with E-state index in [4.69, 9.17) is 5.73 Å². The monoisotopic (exact) mass is 330 g/mol. The van der Waals surface area contributed by atoms with Crippen LogP contribution in [0.2, 0.25) is 0 Å². The molecule has 0 bridgehead atoms. The van der Waals surface area contributed by atoms with E-state index in [9.17, 15) is 4.79 Å². The summed E-state index contributed by atoms with van der Waals surface area (Å²) in [6, 6.07) is 4.23. The van der Waals surface area contributed by atoms with Crippen molar-refractivity contribution < 1.29 is 4.79 Å². The summed E-state index contributed by atoms with van der Waals surface area (Å²) in [5, 5.41) is 0. The van der Waals surface area contributed by atoms with Crippen LogP contribution in [-0.2, 0) is 11.2 Å². The van der Waals surface area contributed by atoms with Gasteiger partial charge in [0.15, 0.2) is 0 Å². The zero-order valence-corrected chi connectivity index (χ0v) is 13.2. The number of nitrogens with two attached hydrogens (primary N) is 1. The number of amides is 1. The number of carbonyl (C=O) groups is 1. The Labute approximate surface area is 120 Å². The lowest BCUT2D eigenvalue weighted by atomic mass is 10.0. The summed E-state index contributed by atoms with van der Waals surface area (Å²) < 4.78 is 1.12. The minimum atomic E-state index is -0.0907. The highest BCUT2D eigenvalue weighted by Crippen LogP contribution is 2.29. The number of likely N-dealkylation sites (tertiary alicyclic amines) is 1. The highest BCUT2D eigenvalue weighted by atomic mass is 79.9. The van der Waals surface area contributed by atoms with Gasteiger partial charge in [0, 0.05) is 29.4 Å². The van der Waals surface area contributed by atoms with Crippen LogP contribution in [0.15, 0.2) is 15.9 Å². The van der Waals surface area contributed by atoms with Gasteiger partial charge in [-0.2, -0.15) is 0 Å². The second-order valence-electron chi connectivity index (χ2n) is 5.49. The molecule has 1 aromatic heterocycles. The van der Waals surface area contributed by atoms with Gasteiger partial charge in [-0.05, 0) is 54.8 Å². The fourth-order valence-electron chi connectivity index (χ4n) is 2.59. The van der Waals surface area contributed by atoms with Gasteiger partial charge >= 0.3 is 0 Å². The van der Waals surface area contributed by atoms with E-state index in [0.29, 0.717) is 13.0 Å². The molecule has 1 unspecified atom stereocenters. The zero-order valence-electron chi connectivity index (χ0n) is 10.8. The van der Waals surface area contributed by atoms with Crippen molar-refractivity contribution >= 4 is 33.2 Å². The van der Waals surface area contributed by atoms with Crippen LogP contribution in [0.3, 0.4) is 0 Å². The van der Waals surface area contributed by atoms with Crippen molar-refractivity contribution in [1.29, 1.82) is 0 Å². The standard InChI is InChI=1S/C13H19BrN2OS/c1-13(2)7-9(15)8-16(13)12(17)6-4-10-3-5-11(14)18-10/h3,5,9H,4,6-8,15H2,1-2H3. The van der Waals surface area contributed by atoms with Crippen molar-refractivity contribution in [2.24, 2.45) is 5.73 Å². The van der Waals surface area contributed by atoms with E-state index in [1.807, 2.05) is 11.0 Å². The lowest BCUT2D eigenvalue weighted by Crippen LogP contribution is -2.42. The van der Waals surface area contributed by atoms with Gasteiger partial charge in [-0.1, -0.05) is 0 Å². The third kappa shape index (κ3) is 3.13. The number of halogens is 1. The van der Waals surface area contributed by atoms with Crippen molar-refractivity contribution in [3.05, 3.63) is 20.8 Å². The van der Waals surface area contributed by atoms with Gasteiger partial charge in [-0.3, -0.25) is 4.79 Å². The average Bonchev–Trinajstić information content (AvgIpc) is 2.78. The third-order valence-electron chi connectivity index (χ3n) is 3.42. The van der Waals surface area contributed by atoms with E-state index < -0.39 is 0 Å². The molecule has 1 saturated heterocycles. The molecule has 2 heterocycles. The first kappa shape index (κ1) is 14.0. The number of hydrogen-bond donors (Lipinski definition) is 1. The van der Waals surface area contributed by atoms with Crippen LogP contribution in [0.5, 0.6) is 0 Å². The molecule has 1 atom stereocenters. The van der Waals surface area contributed by atoms with Crippen molar-refractivity contribution in [2.75, 3.05) is 6.54 Å². The van der Waals surface area contributed by atoms with Crippen LogP contribution in [-0.4, -0.2) is 28.9 Å². The number of carbonyl (C=O) groups excluding carboxylic acids is 1. The number of thiophene rings is 1. The second-order valence-corrected chi connectivity index (χ2v) is 8.03. The average molecular weight is 331 g/mol. The highest BCUT2D eigenvalue weighted by Gasteiger charge is 2.39. The van der Waals surface area contributed by atoms with Gasteiger partial charge < -0.3 is 10.6 Å². The highest BCUT2D eigenvalue weighted by molar-refractivity contribution is 9.11. The zero-order chi connectivity index (χ0) is 13.3. The van der Waals surface area contributed by atoms with Gasteiger partial charge in [-0.25, -0.2) is 0 Å². The smallest absolute Gasteiger partial charge is 0.223 e. The minimum Gasteiger partial charge on any atom is -0.336 e. The van der Waals surface area contributed by atoms with E-state index in [1.54, 1.807) is 11.3 Å². The molecule has 18 heavy (non-hydrogen) atoms. The molecule has 1 aliphatic heterocycles. The van der Waals surface area contributed by atoms with Crippen molar-refractivity contribution in [3.63, 3.8) is 0 Å². The summed E-state index contributed by atoms with van der Waals surface area (Å²) in [7, 11) is 0. The Bertz CT molecular complexity index is 444. The molecule has 2 rings (SSSR count). The topological polar surface area (TPSA) is 46.3 Å². The summed E-state index contributed by atoms with van der Waals surface area (Å²) in [4.78, 5) is 15.4. The minimum absolute atomic E-state index is 0.0907. The molecule has 1 amide bonds. The Kier molecular flexibility index (Phi) is 4.14. The molecule has 3 nitrogen and oxygen atoms in total. The molecule has 0 radical (unpaired) electrons. The molecule has 0 spiro atoms. The predicted octanol–water partition coefficient (Wildman–Crippen LogP) is 2.78. The molecule has 0 aromatic carbocycles. The summed E-state index contributed by atoms with van der Waals surface area (Å²) in [6.45, 7) is 4.89. The SMILES string of the molecule is CC1(C)CC(N)CN1C(=O)CCc1ccc(Br)s1. The molecule has 0 saturated carbocycles. The molecule has 1 aliphatic rings. The lowest BCUT2D eigenvalue weighted by Gasteiger charge is -2.31. The fourth-order valence-corrected chi connectivity index (χ4v) is 4.07. The number of aryl methyl sites for hydroxylation is 1. The van der Waals surface area contributed by atoms with E-state index in [0.717, 1.165) is 16.6 Å². The maximum atomic E-state index is 12.2. The molecule has 0 aliphatic carbocycles. The first-order valence-corrected chi connectivity index (χ1v) is 7.80. The largest absolute Gasteiger partial charge is 0.336 e. The molecule has 1 fully saturated rings. The molecule has 2 N–H and O–H groups in total. The quantitative estimate of drug-likeness (QED) is 0.926. The first-order chi connectivity index (χ1) is 8.38. The van der Waals surface area contributed by atoms with Gasteiger partial charge in [0.05, 0.1) is 3.79 Å². The summed E-state index contributed by atoms with van der Waals surface area (Å²) in [6.07, 6.45) is 2.28. The molecule has 5 heteroatoms. The Morgan fingerprint density at radius 2 is 2.33 bits per heavy atom. The molecular formula is C13H19BrN2OS. The number of hydrogen-bond acceptors (Lipinski definition) is 3. The van der Waals surface area contributed by atoms with E-state index in [1.165, 1.54) is 4.88 Å². The fraction of sp³-hybridized carbons (Fsp3) is 0.615. The Hall–Kier alpha value is -0.390. The predicted molar refractivity (Wildman–Crippen MR) is 78.7 cm³/mol. The van der Waals surface area contributed by atoms with Crippen LogP contribution < -0.4 is 5.73 Å². The number of nitrogens with zero attached hydrogens (tertiary/aromatic N) is 1. The van der Waals surface area contributed by atoms with Crippen LogP contribution in [0.4, 0.5) is 0 Å². The summed E-state index contributed by atoms with van der Waals surface area (Å²) in [5.41, 5.74) is 5.86. The van der Waals surface area contributed by atoms with Crippen LogP contribution in [0.25, 0.3) is 0 Å². The third-order valence-corrected chi connectivity index (χ3v) is 5.11. The van der Waals surface area contributed by atoms with Gasteiger partial charge in [-0.15, -0.1) is 11.3 Å². The normalized spacial score (nSPS) is 22.4. The Morgan fingerprint density at radius 3 is 2.83 bits per heavy atom. The summed E-state index contributed by atoms with van der Waals surface area (Å²) >= 11 is 5.13. The van der Waals surface area contributed by atoms with E-state index >= 15 is 0 Å². The van der Waals surface area contributed by atoms with E-state index in [-0.39, 0.29) is 17.5 Å². The van der Waals surface area contributed by atoms with Crippen LogP contribution in [0.1, 0.15) is 31.6 Å². The van der Waals surface area contributed by atoms with Gasteiger partial charge in [0.1, 0.15) is 0 Å². The molecule has 1 aromatic rings. The maximum absolute atomic E-state index is 12.2. The Morgan fingerprint density at radius 1 is 1.61 bits per heavy atom. The number of rotatable bonds is 3. The van der Waals surface area contributed by atoms with Crippen LogP contribution in [0, 0.1) is 0 Å². The maximum Gasteiger partial charge on any atom is 0.223 e. The van der Waals surface area contributed by atoms with Crippen molar-refractivity contribution in [2.45, 2.75) is 44.7 Å². The first-order valence-electron chi connectivity index (χ1n) is 6.19. The Balaban J connectivity index is 1.92. The second kappa shape index (κ2) is 5.31. The lowest BCUT2D eigenvalue weighted by molar-refractivity contribution is -0.134. The van der Waals surface area contributed by atoms with Crippen LogP contribution >= 0.6 is 27.3 Å². The van der Waals surface area contributed by atoms with Gasteiger partial charge in [0.2, 0.25) is 5.91 Å². The van der Waals surface area contributed by atoms with Crippen molar-refractivity contribution in [3.8, 4) is 0 Å². The van der Waals surface area contributed by atoms with Crippen molar-refractivity contribution in [1.82, 2.24) is 4.90 Å². The van der Waals surface area contributed by atoms with Gasteiger partial charge in [0.25, 0.3) is 0 Å². The molecular weight excluding hydrogens is 312 g/mol. The summed E-state index contributed by atoms with van der Waals surface area (Å²) in [5.74, 6) is 0.220. The van der Waals surface area contributed by atoms with E-state index in [2.05, 4.69) is 35.8 Å².